The number of nitrogens with zero attached hydrogens (tertiary/aromatic N) is 2. The van der Waals surface area contributed by atoms with Crippen molar-refractivity contribution in [1.82, 2.24) is 10.1 Å². The Bertz CT molecular complexity index is 898. The molecule has 0 unspecified atom stereocenters. The predicted octanol–water partition coefficient (Wildman–Crippen LogP) is 3.32. The second-order valence-electron chi connectivity index (χ2n) is 4.94. The molecule has 3 aromatic rings. The first kappa shape index (κ1) is 14.4. The molecular formula is C16H10F2N2O4. The maximum Gasteiger partial charge on any atom is 0.264 e. The van der Waals surface area contributed by atoms with Gasteiger partial charge >= 0.3 is 0 Å². The van der Waals surface area contributed by atoms with Crippen molar-refractivity contribution in [3.8, 4) is 28.6 Å². The summed E-state index contributed by atoms with van der Waals surface area (Å²) < 4.78 is 47.1. The third-order valence-corrected chi connectivity index (χ3v) is 3.34. The summed E-state index contributed by atoms with van der Waals surface area (Å²) in [5.41, 5.74) is 0.683. The van der Waals surface area contributed by atoms with Crippen LogP contribution in [0.5, 0.6) is 17.2 Å². The lowest BCUT2D eigenvalue weighted by Gasteiger charge is -2.03. The number of benzene rings is 2. The molecule has 24 heavy (non-hydrogen) atoms. The number of ether oxygens (including phenoxy) is 3. The van der Waals surface area contributed by atoms with Crippen LogP contribution in [-0.4, -0.2) is 16.9 Å². The van der Waals surface area contributed by atoms with Gasteiger partial charge in [-0.15, -0.1) is 0 Å². The number of aromatic nitrogens is 2. The van der Waals surface area contributed by atoms with Gasteiger partial charge < -0.3 is 18.7 Å². The molecular weight excluding hydrogens is 322 g/mol. The van der Waals surface area contributed by atoms with E-state index in [4.69, 9.17) is 18.7 Å². The summed E-state index contributed by atoms with van der Waals surface area (Å²) in [7, 11) is 0. The molecule has 122 valence electrons. The first-order chi connectivity index (χ1) is 11.7. The normalized spacial score (nSPS) is 12.4. The molecule has 0 atom stereocenters. The molecule has 6 nitrogen and oxygen atoms in total. The van der Waals surface area contributed by atoms with Gasteiger partial charge in [-0.25, -0.2) is 8.78 Å². The van der Waals surface area contributed by atoms with Crippen molar-refractivity contribution >= 4 is 0 Å². The fourth-order valence-corrected chi connectivity index (χ4v) is 2.20. The maximum atomic E-state index is 13.5. The van der Waals surface area contributed by atoms with Crippen LogP contribution in [0.15, 0.2) is 40.9 Å². The number of hydrogen-bond acceptors (Lipinski definition) is 6. The van der Waals surface area contributed by atoms with Gasteiger partial charge in [-0.05, 0) is 30.3 Å². The van der Waals surface area contributed by atoms with Gasteiger partial charge in [0.05, 0.1) is 0 Å². The van der Waals surface area contributed by atoms with Gasteiger partial charge in [0.25, 0.3) is 5.89 Å². The zero-order valence-corrected chi connectivity index (χ0v) is 12.2. The van der Waals surface area contributed by atoms with Crippen molar-refractivity contribution < 1.29 is 27.5 Å². The highest BCUT2D eigenvalue weighted by Gasteiger charge is 2.17. The van der Waals surface area contributed by atoms with Crippen LogP contribution >= 0.6 is 0 Å². The summed E-state index contributed by atoms with van der Waals surface area (Å²) in [6.45, 7) is 0.0352. The highest BCUT2D eigenvalue weighted by atomic mass is 19.1. The lowest BCUT2D eigenvalue weighted by Crippen LogP contribution is -1.98. The van der Waals surface area contributed by atoms with E-state index in [0.29, 0.717) is 22.9 Å². The molecule has 0 fully saturated rings. The summed E-state index contributed by atoms with van der Waals surface area (Å²) in [5, 5.41) is 3.84. The van der Waals surface area contributed by atoms with Gasteiger partial charge in [-0.2, -0.15) is 4.98 Å². The van der Waals surface area contributed by atoms with E-state index < -0.39 is 11.6 Å². The Kier molecular flexibility index (Phi) is 3.49. The molecule has 1 aliphatic rings. The van der Waals surface area contributed by atoms with Gasteiger partial charge in [-0.1, -0.05) is 5.16 Å². The van der Waals surface area contributed by atoms with E-state index in [2.05, 4.69) is 10.1 Å². The molecule has 4 rings (SSSR count). The first-order valence-corrected chi connectivity index (χ1v) is 6.99. The van der Waals surface area contributed by atoms with Crippen LogP contribution in [0.1, 0.15) is 5.89 Å². The minimum atomic E-state index is -0.800. The fraction of sp³-hybridized carbons (Fsp3) is 0.125. The van der Waals surface area contributed by atoms with E-state index in [0.717, 1.165) is 12.1 Å². The summed E-state index contributed by atoms with van der Waals surface area (Å²) in [6.07, 6.45) is 0. The molecule has 0 aliphatic carbocycles. The van der Waals surface area contributed by atoms with Gasteiger partial charge in [0, 0.05) is 11.6 Å². The largest absolute Gasteiger partial charge is 0.481 e. The van der Waals surface area contributed by atoms with Crippen LogP contribution < -0.4 is 14.2 Å². The van der Waals surface area contributed by atoms with E-state index >= 15 is 0 Å². The summed E-state index contributed by atoms with van der Waals surface area (Å²) in [6, 6.07) is 8.28. The standard InChI is InChI=1S/C16H10F2N2O4/c17-10-2-4-12(11(18)6-10)21-7-15-19-16(20-24-15)9-1-3-13-14(5-9)23-8-22-13/h1-6H,7-8H2. The van der Waals surface area contributed by atoms with Crippen molar-refractivity contribution in [1.29, 1.82) is 0 Å². The average Bonchev–Trinajstić information content (AvgIpc) is 3.22. The van der Waals surface area contributed by atoms with Crippen LogP contribution in [-0.2, 0) is 6.61 Å². The number of hydrogen-bond donors (Lipinski definition) is 0. The maximum absolute atomic E-state index is 13.5. The van der Waals surface area contributed by atoms with Crippen LogP contribution in [0, 0.1) is 11.6 Å². The topological polar surface area (TPSA) is 66.6 Å². The fourth-order valence-electron chi connectivity index (χ4n) is 2.20. The monoisotopic (exact) mass is 332 g/mol. The molecule has 0 saturated heterocycles. The SMILES string of the molecule is Fc1ccc(OCc2nc(-c3ccc4c(c3)OCO4)no2)c(F)c1. The molecule has 1 aliphatic heterocycles. The van der Waals surface area contributed by atoms with Crippen LogP contribution in [0.3, 0.4) is 0 Å². The summed E-state index contributed by atoms with van der Waals surface area (Å²) >= 11 is 0. The molecule has 8 heteroatoms. The predicted molar refractivity (Wildman–Crippen MR) is 76.5 cm³/mol. The molecule has 0 radical (unpaired) electrons. The van der Waals surface area contributed by atoms with Gasteiger partial charge in [0.2, 0.25) is 12.6 Å². The minimum Gasteiger partial charge on any atom is -0.481 e. The molecule has 0 spiro atoms. The zero-order valence-electron chi connectivity index (χ0n) is 12.2. The van der Waals surface area contributed by atoms with Gasteiger partial charge in [-0.3, -0.25) is 0 Å². The Balaban J connectivity index is 1.48. The average molecular weight is 332 g/mol. The van der Waals surface area contributed by atoms with E-state index in [-0.39, 0.29) is 25.0 Å². The Morgan fingerprint density at radius 2 is 1.92 bits per heavy atom. The van der Waals surface area contributed by atoms with Crippen molar-refractivity contribution in [2.24, 2.45) is 0 Å². The van der Waals surface area contributed by atoms with Crippen molar-refractivity contribution in [2.75, 3.05) is 6.79 Å². The van der Waals surface area contributed by atoms with Gasteiger partial charge in [0.15, 0.2) is 29.7 Å². The number of rotatable bonds is 4. The van der Waals surface area contributed by atoms with Crippen molar-refractivity contribution in [2.45, 2.75) is 6.61 Å². The van der Waals surface area contributed by atoms with Crippen LogP contribution in [0.25, 0.3) is 11.4 Å². The molecule has 1 aromatic heterocycles. The minimum absolute atomic E-state index is 0.0979. The molecule has 0 N–H and O–H groups in total. The Morgan fingerprint density at radius 3 is 2.79 bits per heavy atom. The molecule has 0 saturated carbocycles. The highest BCUT2D eigenvalue weighted by Crippen LogP contribution is 2.35. The van der Waals surface area contributed by atoms with E-state index in [1.54, 1.807) is 18.2 Å². The second kappa shape index (κ2) is 5.80. The molecule has 0 bridgehead atoms. The molecule has 2 aromatic carbocycles. The van der Waals surface area contributed by atoms with Crippen molar-refractivity contribution in [3.63, 3.8) is 0 Å². The summed E-state index contributed by atoms with van der Waals surface area (Å²) in [5.74, 6) is 0.173. The van der Waals surface area contributed by atoms with E-state index in [9.17, 15) is 8.78 Å². The Labute approximate surface area is 134 Å². The number of halogens is 2. The lowest BCUT2D eigenvalue weighted by molar-refractivity contribution is 0.174. The third kappa shape index (κ3) is 2.73. The van der Waals surface area contributed by atoms with Crippen molar-refractivity contribution in [3.05, 3.63) is 53.9 Å². The lowest BCUT2D eigenvalue weighted by atomic mass is 10.2. The summed E-state index contributed by atoms with van der Waals surface area (Å²) in [4.78, 5) is 4.17. The zero-order chi connectivity index (χ0) is 16.5. The van der Waals surface area contributed by atoms with Crippen LogP contribution in [0.2, 0.25) is 0 Å². The highest BCUT2D eigenvalue weighted by molar-refractivity contribution is 5.61. The second-order valence-corrected chi connectivity index (χ2v) is 4.94. The quantitative estimate of drug-likeness (QED) is 0.730. The number of fused-ring (bicyclic) bond motifs is 1. The Hall–Kier alpha value is -3.16. The van der Waals surface area contributed by atoms with E-state index in [1.807, 2.05) is 0 Å². The molecule has 2 heterocycles. The first-order valence-electron chi connectivity index (χ1n) is 6.99. The third-order valence-electron chi connectivity index (χ3n) is 3.34. The van der Waals surface area contributed by atoms with Gasteiger partial charge in [0.1, 0.15) is 5.82 Å². The van der Waals surface area contributed by atoms with E-state index in [1.165, 1.54) is 6.07 Å². The Morgan fingerprint density at radius 1 is 1.04 bits per heavy atom. The smallest absolute Gasteiger partial charge is 0.264 e. The molecule has 0 amide bonds. The van der Waals surface area contributed by atoms with Crippen LogP contribution in [0.4, 0.5) is 8.78 Å².